The molecule has 1 aliphatic rings. The number of carbonyl (C=O) groups is 3. The van der Waals surface area contributed by atoms with Gasteiger partial charge in [-0.15, -0.1) is 0 Å². The van der Waals surface area contributed by atoms with Crippen molar-refractivity contribution in [1.29, 1.82) is 0 Å². The Kier molecular flexibility index (Phi) is 4.90. The van der Waals surface area contributed by atoms with Crippen molar-refractivity contribution in [2.75, 3.05) is 20.3 Å². The fourth-order valence-electron chi connectivity index (χ4n) is 1.65. The number of nitrogens with two attached hydrogens (primary N) is 1. The second-order valence-electron chi connectivity index (χ2n) is 4.14. The van der Waals surface area contributed by atoms with Gasteiger partial charge >= 0.3 is 12.0 Å². The summed E-state index contributed by atoms with van der Waals surface area (Å²) < 4.78 is 5.13. The summed E-state index contributed by atoms with van der Waals surface area (Å²) >= 11 is 0. The molecule has 102 valence electrons. The van der Waals surface area contributed by atoms with Crippen LogP contribution in [0.25, 0.3) is 0 Å². The average molecular weight is 259 g/mol. The number of aliphatic carboxylic acids is 1. The Balaban J connectivity index is 2.54. The fourth-order valence-corrected chi connectivity index (χ4v) is 1.65. The minimum atomic E-state index is -1.31. The van der Waals surface area contributed by atoms with Crippen LogP contribution in [0, 0.1) is 0 Å². The van der Waals surface area contributed by atoms with Crippen molar-refractivity contribution in [1.82, 2.24) is 10.2 Å². The molecule has 18 heavy (non-hydrogen) atoms. The molecule has 0 aromatic heterocycles. The molecule has 0 saturated carbocycles. The summed E-state index contributed by atoms with van der Waals surface area (Å²) in [4.78, 5) is 34.7. The van der Waals surface area contributed by atoms with E-state index >= 15 is 0 Å². The first-order valence-electron chi connectivity index (χ1n) is 5.54. The number of rotatable bonds is 5. The lowest BCUT2D eigenvalue weighted by Crippen LogP contribution is -2.51. The third kappa shape index (κ3) is 3.88. The summed E-state index contributed by atoms with van der Waals surface area (Å²) in [5.41, 5.74) is 4.92. The van der Waals surface area contributed by atoms with Gasteiger partial charge in [0, 0.05) is 13.7 Å². The second-order valence-corrected chi connectivity index (χ2v) is 4.14. The van der Waals surface area contributed by atoms with Crippen molar-refractivity contribution < 1.29 is 24.2 Å². The van der Waals surface area contributed by atoms with E-state index in [9.17, 15) is 14.4 Å². The Hall–Kier alpha value is -1.83. The predicted octanol–water partition coefficient (Wildman–Crippen LogP) is -1.25. The third-order valence-electron chi connectivity index (χ3n) is 2.77. The Bertz CT molecular complexity index is 340. The number of likely N-dealkylation sites (N-methyl/N-ethyl adjacent to an activating group) is 1. The highest BCUT2D eigenvalue weighted by atomic mass is 16.5. The van der Waals surface area contributed by atoms with Gasteiger partial charge in [0.05, 0.1) is 19.1 Å². The molecule has 4 N–H and O–H groups in total. The number of nitrogens with one attached hydrogen (secondary N) is 1. The number of carboxylic acids is 1. The van der Waals surface area contributed by atoms with Gasteiger partial charge in [0.25, 0.3) is 0 Å². The van der Waals surface area contributed by atoms with Crippen LogP contribution in [0.5, 0.6) is 0 Å². The van der Waals surface area contributed by atoms with E-state index in [4.69, 9.17) is 15.6 Å². The molecule has 1 aliphatic heterocycles. The van der Waals surface area contributed by atoms with E-state index in [1.165, 1.54) is 4.90 Å². The zero-order chi connectivity index (χ0) is 13.7. The van der Waals surface area contributed by atoms with Gasteiger partial charge in [0.1, 0.15) is 6.04 Å². The van der Waals surface area contributed by atoms with Crippen LogP contribution < -0.4 is 11.1 Å². The standard InChI is InChI=1S/C10H17N3O5/c1-13(6-2-3-18-5-6)10(17)12-7(9(15)16)4-8(11)14/h6-7H,2-5H2,1H3,(H2,11,14)(H,12,17)(H,15,16). The number of urea groups is 1. The molecule has 0 spiro atoms. The maximum atomic E-state index is 11.8. The summed E-state index contributed by atoms with van der Waals surface area (Å²) in [5.74, 6) is -2.08. The van der Waals surface area contributed by atoms with Gasteiger partial charge in [-0.05, 0) is 6.42 Å². The Morgan fingerprint density at radius 1 is 1.56 bits per heavy atom. The molecule has 0 aliphatic carbocycles. The largest absolute Gasteiger partial charge is 0.480 e. The van der Waals surface area contributed by atoms with E-state index in [0.717, 1.165) is 0 Å². The molecule has 0 radical (unpaired) electrons. The van der Waals surface area contributed by atoms with E-state index < -0.39 is 30.4 Å². The van der Waals surface area contributed by atoms with E-state index in [1.807, 2.05) is 0 Å². The molecule has 1 heterocycles. The summed E-state index contributed by atoms with van der Waals surface area (Å²) in [6.45, 7) is 1.00. The first-order chi connectivity index (χ1) is 8.41. The van der Waals surface area contributed by atoms with Gasteiger partial charge in [0.15, 0.2) is 0 Å². The molecular formula is C10H17N3O5. The molecular weight excluding hydrogens is 242 g/mol. The molecule has 1 rings (SSSR count). The minimum absolute atomic E-state index is 0.0759. The molecule has 8 nitrogen and oxygen atoms in total. The first kappa shape index (κ1) is 14.2. The maximum Gasteiger partial charge on any atom is 0.326 e. The van der Waals surface area contributed by atoms with Gasteiger partial charge in [-0.25, -0.2) is 9.59 Å². The molecule has 8 heteroatoms. The van der Waals surface area contributed by atoms with Gasteiger partial charge in [0.2, 0.25) is 5.91 Å². The van der Waals surface area contributed by atoms with Crippen LogP contribution in [0.3, 0.4) is 0 Å². The smallest absolute Gasteiger partial charge is 0.326 e. The molecule has 3 amide bonds. The maximum absolute atomic E-state index is 11.8. The van der Waals surface area contributed by atoms with Crippen LogP contribution >= 0.6 is 0 Å². The van der Waals surface area contributed by atoms with Crippen LogP contribution in [-0.2, 0) is 14.3 Å². The SMILES string of the molecule is CN(C(=O)NC(CC(N)=O)C(=O)O)C1CCOC1. The number of carboxylic acid groups (broad SMARTS) is 1. The second kappa shape index (κ2) is 6.20. The zero-order valence-electron chi connectivity index (χ0n) is 10.1. The van der Waals surface area contributed by atoms with Crippen LogP contribution in [0.15, 0.2) is 0 Å². The zero-order valence-corrected chi connectivity index (χ0v) is 10.1. The molecule has 2 atom stereocenters. The van der Waals surface area contributed by atoms with Crippen molar-refractivity contribution in [2.45, 2.75) is 24.9 Å². The van der Waals surface area contributed by atoms with Gasteiger partial charge < -0.3 is 25.8 Å². The molecule has 0 aromatic carbocycles. The summed E-state index contributed by atoms with van der Waals surface area (Å²) in [6.07, 6.45) is 0.271. The number of hydrogen-bond acceptors (Lipinski definition) is 4. The normalized spacial score (nSPS) is 20.2. The summed E-state index contributed by atoms with van der Waals surface area (Å²) in [7, 11) is 1.55. The lowest BCUT2D eigenvalue weighted by Gasteiger charge is -2.25. The summed E-state index contributed by atoms with van der Waals surface area (Å²) in [6, 6.07) is -1.94. The van der Waals surface area contributed by atoms with Crippen LogP contribution in [-0.4, -0.2) is 60.3 Å². The molecule has 0 aromatic rings. The van der Waals surface area contributed by atoms with E-state index in [1.54, 1.807) is 7.05 Å². The van der Waals surface area contributed by atoms with Crippen molar-refractivity contribution in [3.05, 3.63) is 0 Å². The Morgan fingerprint density at radius 3 is 2.67 bits per heavy atom. The van der Waals surface area contributed by atoms with Crippen LogP contribution in [0.4, 0.5) is 4.79 Å². The Labute approximate surface area is 104 Å². The number of nitrogens with zero attached hydrogens (tertiary/aromatic N) is 1. The molecule has 2 unspecified atom stereocenters. The fraction of sp³-hybridized carbons (Fsp3) is 0.700. The van der Waals surface area contributed by atoms with E-state index in [2.05, 4.69) is 5.32 Å². The third-order valence-corrected chi connectivity index (χ3v) is 2.77. The van der Waals surface area contributed by atoms with Crippen LogP contribution in [0.2, 0.25) is 0 Å². The van der Waals surface area contributed by atoms with E-state index in [-0.39, 0.29) is 6.04 Å². The molecule has 0 bridgehead atoms. The van der Waals surface area contributed by atoms with Crippen molar-refractivity contribution in [3.8, 4) is 0 Å². The quantitative estimate of drug-likeness (QED) is 0.569. The number of amides is 3. The van der Waals surface area contributed by atoms with E-state index in [0.29, 0.717) is 19.6 Å². The monoisotopic (exact) mass is 259 g/mol. The van der Waals surface area contributed by atoms with Crippen molar-refractivity contribution in [2.24, 2.45) is 5.73 Å². The first-order valence-corrected chi connectivity index (χ1v) is 5.54. The Morgan fingerprint density at radius 2 is 2.22 bits per heavy atom. The van der Waals surface area contributed by atoms with Gasteiger partial charge in [-0.1, -0.05) is 0 Å². The summed E-state index contributed by atoms with van der Waals surface area (Å²) in [5, 5.41) is 11.1. The topological polar surface area (TPSA) is 122 Å². The highest BCUT2D eigenvalue weighted by molar-refractivity contribution is 5.87. The number of carbonyl (C=O) groups excluding carboxylic acids is 2. The highest BCUT2D eigenvalue weighted by Crippen LogP contribution is 2.10. The van der Waals surface area contributed by atoms with Crippen molar-refractivity contribution in [3.63, 3.8) is 0 Å². The lowest BCUT2D eigenvalue weighted by atomic mass is 10.2. The lowest BCUT2D eigenvalue weighted by molar-refractivity contribution is -0.141. The minimum Gasteiger partial charge on any atom is -0.480 e. The van der Waals surface area contributed by atoms with Crippen LogP contribution in [0.1, 0.15) is 12.8 Å². The molecule has 1 saturated heterocycles. The molecule has 1 fully saturated rings. The van der Waals surface area contributed by atoms with Crippen molar-refractivity contribution >= 4 is 17.9 Å². The van der Waals surface area contributed by atoms with Gasteiger partial charge in [-0.2, -0.15) is 0 Å². The average Bonchev–Trinajstić information content (AvgIpc) is 2.79. The number of primary amides is 1. The van der Waals surface area contributed by atoms with Gasteiger partial charge in [-0.3, -0.25) is 4.79 Å². The number of hydrogen-bond donors (Lipinski definition) is 3. The number of ether oxygens (including phenoxy) is 1. The highest BCUT2D eigenvalue weighted by Gasteiger charge is 2.28. The predicted molar refractivity (Wildman–Crippen MR) is 60.8 cm³/mol.